The first kappa shape index (κ1) is 20.6. The van der Waals surface area contributed by atoms with E-state index in [4.69, 9.17) is 0 Å². The van der Waals surface area contributed by atoms with Gasteiger partial charge in [0.25, 0.3) is 0 Å². The number of nitrogens with one attached hydrogen (secondary N) is 1. The number of rotatable bonds is 7. The van der Waals surface area contributed by atoms with Gasteiger partial charge in [-0.15, -0.1) is 24.0 Å². The average molecular weight is 421 g/mol. The van der Waals surface area contributed by atoms with Crippen LogP contribution in [0.1, 0.15) is 24.5 Å². The van der Waals surface area contributed by atoms with Gasteiger partial charge in [-0.05, 0) is 37.8 Å². The van der Waals surface area contributed by atoms with Gasteiger partial charge in [-0.1, -0.05) is 29.8 Å². The number of hydrogen-bond acceptors (Lipinski definition) is 2. The summed E-state index contributed by atoms with van der Waals surface area (Å²) in [6.45, 7) is 6.90. The Kier molecular flexibility index (Phi) is 11.9. The van der Waals surface area contributed by atoms with Crippen molar-refractivity contribution < 1.29 is 0 Å². The van der Waals surface area contributed by atoms with Crippen LogP contribution < -0.4 is 5.32 Å². The Labute approximate surface area is 151 Å². The minimum Gasteiger partial charge on any atom is -0.357 e. The molecular formula is C16H28IN3S. The lowest BCUT2D eigenvalue weighted by molar-refractivity contribution is 0.477. The van der Waals surface area contributed by atoms with Gasteiger partial charge < -0.3 is 10.2 Å². The van der Waals surface area contributed by atoms with E-state index in [1.165, 1.54) is 16.9 Å². The van der Waals surface area contributed by atoms with Crippen LogP contribution >= 0.6 is 35.7 Å². The predicted octanol–water partition coefficient (Wildman–Crippen LogP) is 3.76. The lowest BCUT2D eigenvalue weighted by atomic mass is 10.1. The van der Waals surface area contributed by atoms with Gasteiger partial charge in [0, 0.05) is 26.7 Å². The fourth-order valence-electron chi connectivity index (χ4n) is 1.91. The molecule has 0 aromatic heterocycles. The maximum absolute atomic E-state index is 4.68. The molecule has 0 fully saturated rings. The van der Waals surface area contributed by atoms with Crippen molar-refractivity contribution in [3.05, 3.63) is 35.4 Å². The minimum absolute atomic E-state index is 0. The molecule has 1 aromatic rings. The van der Waals surface area contributed by atoms with Gasteiger partial charge in [-0.2, -0.15) is 11.8 Å². The number of nitrogens with zero attached hydrogens (tertiary/aromatic N) is 2. The van der Waals surface area contributed by atoms with Crippen LogP contribution in [0, 0.1) is 6.92 Å². The van der Waals surface area contributed by atoms with Gasteiger partial charge in [-0.3, -0.25) is 4.99 Å². The third-order valence-electron chi connectivity index (χ3n) is 3.00. The van der Waals surface area contributed by atoms with Crippen molar-refractivity contribution in [2.75, 3.05) is 32.1 Å². The summed E-state index contributed by atoms with van der Waals surface area (Å²) in [5.74, 6) is 2.17. The van der Waals surface area contributed by atoms with Crippen molar-refractivity contribution in [1.82, 2.24) is 10.2 Å². The molecule has 3 nitrogen and oxygen atoms in total. The highest BCUT2D eigenvalue weighted by molar-refractivity contribution is 14.0. The van der Waals surface area contributed by atoms with Crippen molar-refractivity contribution in [3.63, 3.8) is 0 Å². The molecule has 0 bridgehead atoms. The molecule has 120 valence electrons. The summed E-state index contributed by atoms with van der Waals surface area (Å²) < 4.78 is 0. The average Bonchev–Trinajstić information content (AvgIpc) is 2.44. The first-order chi connectivity index (χ1) is 9.67. The van der Waals surface area contributed by atoms with E-state index in [1.807, 2.05) is 11.8 Å². The molecule has 0 saturated heterocycles. The normalized spacial score (nSPS) is 11.0. The van der Waals surface area contributed by atoms with Crippen LogP contribution in [0.3, 0.4) is 0 Å². The van der Waals surface area contributed by atoms with Gasteiger partial charge >= 0.3 is 0 Å². The van der Waals surface area contributed by atoms with Crippen molar-refractivity contribution in [1.29, 1.82) is 0 Å². The van der Waals surface area contributed by atoms with Gasteiger partial charge in [0.1, 0.15) is 0 Å². The number of benzene rings is 1. The van der Waals surface area contributed by atoms with Crippen LogP contribution in [-0.2, 0) is 6.54 Å². The van der Waals surface area contributed by atoms with Gasteiger partial charge in [0.2, 0.25) is 0 Å². The summed E-state index contributed by atoms with van der Waals surface area (Å²) in [4.78, 5) is 6.87. The highest BCUT2D eigenvalue weighted by atomic mass is 127. The molecule has 0 heterocycles. The Morgan fingerprint density at radius 1 is 1.29 bits per heavy atom. The first-order valence-electron chi connectivity index (χ1n) is 7.21. The van der Waals surface area contributed by atoms with E-state index in [1.54, 1.807) is 0 Å². The fraction of sp³-hybridized carbons (Fsp3) is 0.562. The lowest BCUT2D eigenvalue weighted by Crippen LogP contribution is -2.38. The van der Waals surface area contributed by atoms with E-state index >= 15 is 0 Å². The summed E-state index contributed by atoms with van der Waals surface area (Å²) >= 11 is 1.88. The quantitative estimate of drug-likeness (QED) is 0.315. The Balaban J connectivity index is 0.00000400. The molecule has 0 amide bonds. The third-order valence-corrected chi connectivity index (χ3v) is 3.70. The molecule has 0 aliphatic heterocycles. The molecule has 1 aromatic carbocycles. The van der Waals surface area contributed by atoms with E-state index in [0.29, 0.717) is 0 Å². The van der Waals surface area contributed by atoms with Crippen molar-refractivity contribution in [2.45, 2.75) is 26.8 Å². The molecule has 0 unspecified atom stereocenters. The van der Waals surface area contributed by atoms with Gasteiger partial charge in [-0.25, -0.2) is 0 Å². The number of guanidine groups is 1. The van der Waals surface area contributed by atoms with Crippen LogP contribution in [0.5, 0.6) is 0 Å². The zero-order chi connectivity index (χ0) is 14.8. The van der Waals surface area contributed by atoms with Crippen LogP contribution in [-0.4, -0.2) is 43.0 Å². The third kappa shape index (κ3) is 8.56. The zero-order valence-corrected chi connectivity index (χ0v) is 16.7. The molecule has 1 N–H and O–H groups in total. The minimum atomic E-state index is 0. The molecule has 0 aliphatic rings. The fourth-order valence-corrected chi connectivity index (χ4v) is 2.32. The molecule has 0 radical (unpaired) electrons. The second-order valence-electron chi connectivity index (χ2n) is 4.92. The zero-order valence-electron chi connectivity index (χ0n) is 13.6. The Bertz CT molecular complexity index is 406. The second-order valence-corrected chi connectivity index (χ2v) is 5.91. The molecule has 1 rings (SSSR count). The largest absolute Gasteiger partial charge is 0.357 e. The summed E-state index contributed by atoms with van der Waals surface area (Å²) in [6, 6.07) is 8.68. The molecule has 21 heavy (non-hydrogen) atoms. The van der Waals surface area contributed by atoms with E-state index in [2.05, 4.69) is 66.6 Å². The molecule has 0 atom stereocenters. The van der Waals surface area contributed by atoms with E-state index in [9.17, 15) is 0 Å². The molecule has 0 spiro atoms. The number of aliphatic imine (C=N–C) groups is 1. The summed E-state index contributed by atoms with van der Waals surface area (Å²) in [5.41, 5.74) is 2.61. The highest BCUT2D eigenvalue weighted by Gasteiger charge is 2.05. The maximum atomic E-state index is 4.68. The molecular weight excluding hydrogens is 393 g/mol. The number of thioether (sulfide) groups is 1. The maximum Gasteiger partial charge on any atom is 0.193 e. The summed E-state index contributed by atoms with van der Waals surface area (Å²) in [6.07, 6.45) is 3.27. The second kappa shape index (κ2) is 12.1. The molecule has 0 saturated carbocycles. The Morgan fingerprint density at radius 2 is 1.95 bits per heavy atom. The lowest BCUT2D eigenvalue weighted by Gasteiger charge is -2.22. The Hall–Kier alpha value is -0.430. The number of hydrogen-bond donors (Lipinski definition) is 1. The predicted molar refractivity (Wildman–Crippen MR) is 107 cm³/mol. The van der Waals surface area contributed by atoms with E-state index < -0.39 is 0 Å². The van der Waals surface area contributed by atoms with E-state index in [-0.39, 0.29) is 24.0 Å². The molecule has 0 aliphatic carbocycles. The number of aryl methyl sites for hydroxylation is 1. The van der Waals surface area contributed by atoms with Crippen LogP contribution in [0.4, 0.5) is 0 Å². The van der Waals surface area contributed by atoms with Crippen LogP contribution in [0.15, 0.2) is 29.3 Å². The Morgan fingerprint density at radius 3 is 2.52 bits per heavy atom. The highest BCUT2D eigenvalue weighted by Crippen LogP contribution is 2.06. The standard InChI is InChI=1S/C16H27N3S.HI/c1-5-17-16(18-11-6-12-20-4)19(3)13-15-9-7-14(2)8-10-15;/h7-10H,5-6,11-13H2,1-4H3,(H,17,18);1H. The summed E-state index contributed by atoms with van der Waals surface area (Å²) in [5, 5.41) is 3.36. The van der Waals surface area contributed by atoms with Crippen molar-refractivity contribution in [3.8, 4) is 0 Å². The monoisotopic (exact) mass is 421 g/mol. The topological polar surface area (TPSA) is 27.6 Å². The van der Waals surface area contributed by atoms with Gasteiger partial charge in [0.05, 0.1) is 0 Å². The SMILES string of the molecule is CCNC(=NCCCSC)N(C)Cc1ccc(C)cc1.I. The van der Waals surface area contributed by atoms with Crippen molar-refractivity contribution >= 4 is 41.7 Å². The first-order valence-corrected chi connectivity index (χ1v) is 8.60. The smallest absolute Gasteiger partial charge is 0.193 e. The van der Waals surface area contributed by atoms with Gasteiger partial charge in [0.15, 0.2) is 5.96 Å². The molecule has 5 heteroatoms. The summed E-state index contributed by atoms with van der Waals surface area (Å²) in [7, 11) is 2.09. The van der Waals surface area contributed by atoms with Crippen molar-refractivity contribution in [2.24, 2.45) is 4.99 Å². The number of halogens is 1. The van der Waals surface area contributed by atoms with Crippen LogP contribution in [0.2, 0.25) is 0 Å². The van der Waals surface area contributed by atoms with Crippen LogP contribution in [0.25, 0.3) is 0 Å². The van der Waals surface area contributed by atoms with E-state index in [0.717, 1.165) is 32.0 Å².